The molecule has 0 unspecified atom stereocenters. The lowest BCUT2D eigenvalue weighted by atomic mass is 10.0. The fourth-order valence-corrected chi connectivity index (χ4v) is 1.85. The molecule has 18 heavy (non-hydrogen) atoms. The number of hydrogen-bond donors (Lipinski definition) is 0. The third-order valence-corrected chi connectivity index (χ3v) is 2.85. The van der Waals surface area contributed by atoms with Gasteiger partial charge in [-0.15, -0.1) is 0 Å². The summed E-state index contributed by atoms with van der Waals surface area (Å²) < 4.78 is 18.3. The highest BCUT2D eigenvalue weighted by molar-refractivity contribution is 6.35. The van der Waals surface area contributed by atoms with Crippen molar-refractivity contribution in [2.45, 2.75) is 0 Å². The standard InChI is InChI=1S/C14H10ClFO2/c1-18-13-5-3-2-4-10(13)14(17)11-8-9(16)6-7-12(11)15/h2-8H,1H3. The SMILES string of the molecule is COc1ccccc1C(=O)c1cc(F)ccc1Cl. The number of ketones is 1. The van der Waals surface area contributed by atoms with Crippen molar-refractivity contribution in [2.24, 2.45) is 0 Å². The molecule has 0 aliphatic rings. The Labute approximate surface area is 109 Å². The van der Waals surface area contributed by atoms with Gasteiger partial charge in [-0.25, -0.2) is 4.39 Å². The summed E-state index contributed by atoms with van der Waals surface area (Å²) in [6.07, 6.45) is 0. The van der Waals surface area contributed by atoms with Crippen LogP contribution in [-0.4, -0.2) is 12.9 Å². The van der Waals surface area contributed by atoms with Gasteiger partial charge in [0.25, 0.3) is 0 Å². The Bertz CT molecular complexity index is 596. The number of para-hydroxylation sites is 1. The van der Waals surface area contributed by atoms with Gasteiger partial charge in [0, 0.05) is 5.56 Å². The van der Waals surface area contributed by atoms with Gasteiger partial charge in [0.2, 0.25) is 0 Å². The number of methoxy groups -OCH3 is 1. The van der Waals surface area contributed by atoms with E-state index >= 15 is 0 Å². The summed E-state index contributed by atoms with van der Waals surface area (Å²) in [5, 5.41) is 0.215. The number of halogens is 2. The first-order chi connectivity index (χ1) is 8.63. The molecule has 92 valence electrons. The fraction of sp³-hybridized carbons (Fsp3) is 0.0714. The van der Waals surface area contributed by atoms with Crippen molar-refractivity contribution in [1.29, 1.82) is 0 Å². The molecule has 4 heteroatoms. The van der Waals surface area contributed by atoms with Crippen molar-refractivity contribution in [3.8, 4) is 5.75 Å². The van der Waals surface area contributed by atoms with Crippen LogP contribution < -0.4 is 4.74 Å². The highest BCUT2D eigenvalue weighted by atomic mass is 35.5. The molecule has 0 heterocycles. The third-order valence-electron chi connectivity index (χ3n) is 2.52. The van der Waals surface area contributed by atoms with E-state index in [1.807, 2.05) is 0 Å². The summed E-state index contributed by atoms with van der Waals surface area (Å²) in [5.74, 6) is -0.433. The lowest BCUT2D eigenvalue weighted by Gasteiger charge is -2.08. The highest BCUT2D eigenvalue weighted by Gasteiger charge is 2.17. The predicted molar refractivity (Wildman–Crippen MR) is 67.8 cm³/mol. The van der Waals surface area contributed by atoms with Crippen molar-refractivity contribution in [1.82, 2.24) is 0 Å². The van der Waals surface area contributed by atoms with Crippen LogP contribution in [0, 0.1) is 5.82 Å². The van der Waals surface area contributed by atoms with E-state index < -0.39 is 5.82 Å². The summed E-state index contributed by atoms with van der Waals surface area (Å²) in [5.41, 5.74) is 0.480. The van der Waals surface area contributed by atoms with E-state index in [1.54, 1.807) is 24.3 Å². The number of ether oxygens (including phenoxy) is 1. The predicted octanol–water partition coefficient (Wildman–Crippen LogP) is 3.72. The zero-order valence-electron chi connectivity index (χ0n) is 9.61. The molecule has 0 spiro atoms. The monoisotopic (exact) mass is 264 g/mol. The third kappa shape index (κ3) is 2.36. The highest BCUT2D eigenvalue weighted by Crippen LogP contribution is 2.25. The number of benzene rings is 2. The van der Waals surface area contributed by atoms with Crippen molar-refractivity contribution in [3.63, 3.8) is 0 Å². The molecule has 2 aromatic rings. The first kappa shape index (κ1) is 12.6. The van der Waals surface area contributed by atoms with E-state index in [1.165, 1.54) is 19.2 Å². The Morgan fingerprint density at radius 2 is 1.89 bits per heavy atom. The molecule has 0 fully saturated rings. The van der Waals surface area contributed by atoms with Gasteiger partial charge in [-0.05, 0) is 30.3 Å². The van der Waals surface area contributed by atoms with Gasteiger partial charge in [-0.3, -0.25) is 4.79 Å². The molecule has 2 aromatic carbocycles. The number of hydrogen-bond acceptors (Lipinski definition) is 2. The first-order valence-corrected chi connectivity index (χ1v) is 5.64. The number of carbonyl (C=O) groups is 1. The second kappa shape index (κ2) is 5.19. The molecular formula is C14H10ClFO2. The van der Waals surface area contributed by atoms with Crippen LogP contribution in [0.4, 0.5) is 4.39 Å². The van der Waals surface area contributed by atoms with Crippen LogP contribution in [0.25, 0.3) is 0 Å². The quantitative estimate of drug-likeness (QED) is 0.790. The largest absolute Gasteiger partial charge is 0.496 e. The summed E-state index contributed by atoms with van der Waals surface area (Å²) in [4.78, 5) is 12.3. The Morgan fingerprint density at radius 1 is 1.17 bits per heavy atom. The maximum absolute atomic E-state index is 13.2. The molecule has 0 aromatic heterocycles. The van der Waals surface area contributed by atoms with Gasteiger partial charge < -0.3 is 4.74 Å². The maximum Gasteiger partial charge on any atom is 0.198 e. The minimum Gasteiger partial charge on any atom is -0.496 e. The Kier molecular flexibility index (Phi) is 3.63. The minimum absolute atomic E-state index is 0.126. The smallest absolute Gasteiger partial charge is 0.198 e. The Balaban J connectivity index is 2.51. The van der Waals surface area contributed by atoms with Crippen molar-refractivity contribution >= 4 is 17.4 Å². The van der Waals surface area contributed by atoms with Crippen LogP contribution in [-0.2, 0) is 0 Å². The van der Waals surface area contributed by atoms with Gasteiger partial charge in [0.1, 0.15) is 11.6 Å². The van der Waals surface area contributed by atoms with Gasteiger partial charge >= 0.3 is 0 Å². The zero-order chi connectivity index (χ0) is 13.1. The second-order valence-corrected chi connectivity index (χ2v) is 4.06. The van der Waals surface area contributed by atoms with E-state index in [9.17, 15) is 9.18 Å². The molecule has 0 aliphatic heterocycles. The van der Waals surface area contributed by atoms with Gasteiger partial charge in [0.05, 0.1) is 17.7 Å². The average Bonchev–Trinajstić information content (AvgIpc) is 2.40. The first-order valence-electron chi connectivity index (χ1n) is 5.26. The lowest BCUT2D eigenvalue weighted by molar-refractivity contribution is 0.103. The summed E-state index contributed by atoms with van der Waals surface area (Å²) in [6, 6.07) is 10.4. The Hall–Kier alpha value is -1.87. The average molecular weight is 265 g/mol. The van der Waals surface area contributed by atoms with Gasteiger partial charge in [-0.2, -0.15) is 0 Å². The minimum atomic E-state index is -0.502. The van der Waals surface area contributed by atoms with Crippen molar-refractivity contribution < 1.29 is 13.9 Å². The van der Waals surface area contributed by atoms with Crippen LogP contribution in [0.2, 0.25) is 5.02 Å². The van der Waals surface area contributed by atoms with E-state index in [4.69, 9.17) is 16.3 Å². The van der Waals surface area contributed by atoms with Crippen LogP contribution in [0.1, 0.15) is 15.9 Å². The molecule has 0 atom stereocenters. The molecule has 0 bridgehead atoms. The molecule has 2 rings (SSSR count). The van der Waals surface area contributed by atoms with Crippen molar-refractivity contribution in [3.05, 3.63) is 64.4 Å². The molecule has 0 amide bonds. The molecule has 0 radical (unpaired) electrons. The second-order valence-electron chi connectivity index (χ2n) is 3.65. The van der Waals surface area contributed by atoms with Crippen LogP contribution in [0.3, 0.4) is 0 Å². The summed E-state index contributed by atoms with van der Waals surface area (Å²) >= 11 is 5.91. The van der Waals surface area contributed by atoms with Gasteiger partial charge in [0.15, 0.2) is 5.78 Å². The maximum atomic E-state index is 13.2. The molecule has 0 saturated heterocycles. The van der Waals surface area contributed by atoms with Crippen molar-refractivity contribution in [2.75, 3.05) is 7.11 Å². The lowest BCUT2D eigenvalue weighted by Crippen LogP contribution is -2.05. The molecule has 0 N–H and O–H groups in total. The van der Waals surface area contributed by atoms with E-state index in [0.717, 1.165) is 6.07 Å². The van der Waals surface area contributed by atoms with Crippen LogP contribution >= 0.6 is 11.6 Å². The number of carbonyl (C=O) groups excluding carboxylic acids is 1. The Morgan fingerprint density at radius 3 is 2.61 bits per heavy atom. The van der Waals surface area contributed by atoms with Crippen LogP contribution in [0.15, 0.2) is 42.5 Å². The van der Waals surface area contributed by atoms with E-state index in [0.29, 0.717) is 11.3 Å². The normalized spacial score (nSPS) is 10.2. The molecule has 0 saturated carbocycles. The van der Waals surface area contributed by atoms with E-state index in [2.05, 4.69) is 0 Å². The molecule has 2 nitrogen and oxygen atoms in total. The summed E-state index contributed by atoms with van der Waals surface area (Å²) in [7, 11) is 1.47. The zero-order valence-corrected chi connectivity index (χ0v) is 10.4. The molecular weight excluding hydrogens is 255 g/mol. The van der Waals surface area contributed by atoms with E-state index in [-0.39, 0.29) is 16.4 Å². The molecule has 0 aliphatic carbocycles. The number of rotatable bonds is 3. The fourth-order valence-electron chi connectivity index (χ4n) is 1.65. The van der Waals surface area contributed by atoms with Crippen LogP contribution in [0.5, 0.6) is 5.75 Å². The summed E-state index contributed by atoms with van der Waals surface area (Å²) in [6.45, 7) is 0. The van der Waals surface area contributed by atoms with Gasteiger partial charge in [-0.1, -0.05) is 23.7 Å². The topological polar surface area (TPSA) is 26.3 Å².